The van der Waals surface area contributed by atoms with Crippen molar-refractivity contribution in [1.29, 1.82) is 0 Å². The number of hydrogen-bond donors (Lipinski definition) is 0. The van der Waals surface area contributed by atoms with Crippen LogP contribution in [0.4, 0.5) is 119 Å². The van der Waals surface area contributed by atoms with Gasteiger partial charge in [0.2, 0.25) is 5.52 Å². The zero-order valence-corrected chi connectivity index (χ0v) is 37.7. The predicted octanol–water partition coefficient (Wildman–Crippen LogP) is 15.4. The van der Waals surface area contributed by atoms with Crippen molar-refractivity contribution in [3.8, 4) is 0 Å². The van der Waals surface area contributed by atoms with Gasteiger partial charge in [-0.25, -0.2) is 0 Å². The highest BCUT2D eigenvalue weighted by Crippen LogP contribution is 2.42. The molecular weight excluding hydrogens is 1130 g/mol. The summed E-state index contributed by atoms with van der Waals surface area (Å²) in [5, 5.41) is 0.793. The molecule has 0 amide bonds. The molecule has 0 unspecified atom stereocenters. The number of aromatic nitrogens is 1. The average Bonchev–Trinajstić information content (AvgIpc) is 3.38. The van der Waals surface area contributed by atoms with Crippen molar-refractivity contribution in [2.45, 2.75) is 62.1 Å². The van der Waals surface area contributed by atoms with Gasteiger partial charge in [0.1, 0.15) is 6.15 Å². The molecule has 1 nitrogen and oxygen atoms in total. The second kappa shape index (κ2) is 20.3. The Morgan fingerprint density at radius 1 is 0.269 bits per heavy atom. The second-order valence-electron chi connectivity index (χ2n) is 17.1. The first kappa shape index (κ1) is 60.1. The van der Waals surface area contributed by atoms with E-state index in [1.54, 1.807) is 12.1 Å². The van der Waals surface area contributed by atoms with E-state index >= 15 is 0 Å². The standard InChI is InChI=1S/C32H12BF24.C17H13F3N/c34-25(35,36)13-1-14(26(37,38)39)6-21(5-13)33(22-7-15(27(40,41)42)2-16(8-22)28(43,44)45,23-9-17(29(46,47)48)3-18(10-23)30(49,50)51)24-11-19(31(52,53)54)4-20(12-24)32(55,56)57;18-17(19,20)16-11-10-14-8-4-5-9-15(14)21(16)12-13-6-2-1-3-7-13/h1-12H;1-11H,12H2/q-1;+1. The molecule has 0 atom stereocenters. The zero-order valence-electron chi connectivity index (χ0n) is 37.7. The van der Waals surface area contributed by atoms with Crippen molar-refractivity contribution in [1.82, 2.24) is 0 Å². The highest BCUT2D eigenvalue weighted by atomic mass is 19.4. The van der Waals surface area contributed by atoms with Gasteiger partial charge >= 0.3 is 55.6 Å². The van der Waals surface area contributed by atoms with Crippen LogP contribution >= 0.6 is 0 Å². The normalized spacial score (nSPS) is 13.6. The molecule has 0 aliphatic carbocycles. The van der Waals surface area contributed by atoms with Crippen LogP contribution in [0.2, 0.25) is 0 Å². The minimum absolute atomic E-state index is 0.192. The molecule has 0 fully saturated rings. The third-order valence-corrected chi connectivity index (χ3v) is 11.9. The van der Waals surface area contributed by atoms with E-state index in [1.165, 1.54) is 10.6 Å². The van der Waals surface area contributed by atoms with E-state index in [1.807, 2.05) is 42.5 Å². The number of pyridine rings is 1. The third kappa shape index (κ3) is 13.2. The molecule has 0 spiro atoms. The van der Waals surface area contributed by atoms with Gasteiger partial charge in [-0.2, -0.15) is 145 Å². The van der Waals surface area contributed by atoms with Crippen LogP contribution in [0.25, 0.3) is 10.9 Å². The minimum Gasteiger partial charge on any atom is -0.194 e. The summed E-state index contributed by atoms with van der Waals surface area (Å²) >= 11 is 0. The van der Waals surface area contributed by atoms with Crippen LogP contribution in [0.5, 0.6) is 0 Å². The van der Waals surface area contributed by atoms with Crippen LogP contribution in [-0.2, 0) is 62.1 Å². The number of benzene rings is 6. The number of hydrogen-bond acceptors (Lipinski definition) is 0. The van der Waals surface area contributed by atoms with E-state index in [0.29, 0.717) is 5.52 Å². The van der Waals surface area contributed by atoms with Crippen LogP contribution in [-0.4, -0.2) is 6.15 Å². The topological polar surface area (TPSA) is 3.88 Å². The summed E-state index contributed by atoms with van der Waals surface area (Å²) in [5.41, 5.74) is -29.4. The Hall–Kier alpha value is -7.10. The van der Waals surface area contributed by atoms with E-state index in [0.717, 1.165) is 17.0 Å². The Balaban J connectivity index is 0.000000387. The summed E-state index contributed by atoms with van der Waals surface area (Å²) < 4.78 is 382. The molecule has 7 aromatic rings. The second-order valence-corrected chi connectivity index (χ2v) is 17.1. The fourth-order valence-corrected chi connectivity index (χ4v) is 8.52. The molecular formula is C49H25BF27N. The van der Waals surface area contributed by atoms with Crippen molar-refractivity contribution in [2.24, 2.45) is 0 Å². The van der Waals surface area contributed by atoms with Gasteiger partial charge < -0.3 is 0 Å². The number of halogens is 27. The van der Waals surface area contributed by atoms with Crippen LogP contribution in [0.1, 0.15) is 55.8 Å². The van der Waals surface area contributed by atoms with Crippen LogP contribution < -0.4 is 26.4 Å². The molecule has 1 heterocycles. The lowest BCUT2D eigenvalue weighted by molar-refractivity contribution is -0.682. The predicted molar refractivity (Wildman–Crippen MR) is 225 cm³/mol. The highest BCUT2D eigenvalue weighted by Gasteiger charge is 2.48. The summed E-state index contributed by atoms with van der Waals surface area (Å²) in [6.07, 6.45) is -59.2. The number of rotatable bonds is 6. The quantitative estimate of drug-likeness (QED) is 0.0888. The van der Waals surface area contributed by atoms with E-state index < -0.39 is 207 Å². The van der Waals surface area contributed by atoms with Crippen LogP contribution in [0, 0.1) is 0 Å². The van der Waals surface area contributed by atoms with Gasteiger partial charge in [0.05, 0.1) is 44.5 Å². The first-order valence-electron chi connectivity index (χ1n) is 21.2. The van der Waals surface area contributed by atoms with Gasteiger partial charge in [-0.3, -0.25) is 0 Å². The van der Waals surface area contributed by atoms with Gasteiger partial charge in [-0.05, 0) is 36.4 Å². The van der Waals surface area contributed by atoms with Crippen molar-refractivity contribution in [2.75, 3.05) is 0 Å². The van der Waals surface area contributed by atoms with Gasteiger partial charge in [-0.15, -0.1) is 0 Å². The molecule has 0 saturated carbocycles. The molecule has 1 aromatic heterocycles. The monoisotopic (exact) mass is 1150 g/mol. The lowest BCUT2D eigenvalue weighted by Gasteiger charge is -2.46. The highest BCUT2D eigenvalue weighted by molar-refractivity contribution is 7.20. The summed E-state index contributed by atoms with van der Waals surface area (Å²) in [7, 11) is 0. The molecule has 0 aliphatic heterocycles. The van der Waals surface area contributed by atoms with Crippen molar-refractivity contribution in [3.05, 3.63) is 195 Å². The van der Waals surface area contributed by atoms with Crippen LogP contribution in [0.15, 0.2) is 140 Å². The maximum atomic E-state index is 14.2. The molecule has 7 rings (SSSR count). The zero-order chi connectivity index (χ0) is 58.8. The number of alkyl halides is 27. The SMILES string of the molecule is FC(F)(F)c1cc([B-](c2cc(C(F)(F)F)cc(C(F)(F)F)c2)(c2cc(C(F)(F)F)cc(C(F)(F)F)c2)c2cc(C(F)(F)F)cc(C(F)(F)F)c2)cc(C(F)(F)F)c1.FC(F)(F)c1ccc2ccccc2[n+]1Cc1ccccc1. The molecule has 29 heteroatoms. The van der Waals surface area contributed by atoms with Gasteiger partial charge in [0.15, 0.2) is 6.54 Å². The molecule has 0 bridgehead atoms. The molecule has 6 aromatic carbocycles. The van der Waals surface area contributed by atoms with Gasteiger partial charge in [0.25, 0.3) is 5.69 Å². The largest absolute Gasteiger partial charge is 0.477 e. The van der Waals surface area contributed by atoms with E-state index in [4.69, 9.17) is 0 Å². The van der Waals surface area contributed by atoms with Crippen molar-refractivity contribution in [3.63, 3.8) is 0 Å². The van der Waals surface area contributed by atoms with Crippen molar-refractivity contribution < 1.29 is 123 Å². The number of fused-ring (bicyclic) bond motifs is 1. The van der Waals surface area contributed by atoms with E-state index in [2.05, 4.69) is 0 Å². The Kier molecular flexibility index (Phi) is 15.6. The first-order chi connectivity index (χ1) is 35.3. The van der Waals surface area contributed by atoms with Crippen LogP contribution in [0.3, 0.4) is 0 Å². The summed E-state index contributed by atoms with van der Waals surface area (Å²) in [6, 6.07) is 10.1. The minimum atomic E-state index is -6.13. The maximum absolute atomic E-state index is 14.2. The Morgan fingerprint density at radius 2 is 0.526 bits per heavy atom. The number of para-hydroxylation sites is 1. The summed E-state index contributed by atoms with van der Waals surface area (Å²) in [5.74, 6) is 0. The summed E-state index contributed by atoms with van der Waals surface area (Å²) in [4.78, 5) is 0. The fourth-order valence-electron chi connectivity index (χ4n) is 8.52. The third-order valence-electron chi connectivity index (χ3n) is 11.9. The number of nitrogens with zero attached hydrogens (tertiary/aromatic N) is 1. The van der Waals surface area contributed by atoms with E-state index in [9.17, 15) is 119 Å². The Bertz CT molecular complexity index is 2860. The average molecular weight is 1150 g/mol. The molecule has 418 valence electrons. The summed E-state index contributed by atoms with van der Waals surface area (Å²) in [6.45, 7) is 0.192. The Labute approximate surface area is 419 Å². The smallest absolute Gasteiger partial charge is 0.194 e. The van der Waals surface area contributed by atoms with Gasteiger partial charge in [0, 0.05) is 23.1 Å². The Morgan fingerprint density at radius 3 is 0.782 bits per heavy atom. The fraction of sp³-hybridized carbons (Fsp3) is 0.204. The van der Waals surface area contributed by atoms with Crippen molar-refractivity contribution >= 4 is 38.9 Å². The first-order valence-corrected chi connectivity index (χ1v) is 21.2. The molecule has 78 heavy (non-hydrogen) atoms. The molecule has 0 N–H and O–H groups in total. The lowest BCUT2D eigenvalue weighted by atomic mass is 9.12. The molecule has 0 aliphatic rings. The van der Waals surface area contributed by atoms with Gasteiger partial charge in [-0.1, -0.05) is 91.0 Å². The lowest BCUT2D eigenvalue weighted by Crippen LogP contribution is -2.75. The maximum Gasteiger partial charge on any atom is 0.477 e. The molecule has 0 radical (unpaired) electrons. The molecule has 0 saturated heterocycles. The van der Waals surface area contributed by atoms with E-state index in [-0.39, 0.29) is 6.54 Å².